The lowest BCUT2D eigenvalue weighted by molar-refractivity contribution is -0.118. The SMILES string of the molecule is CC1CNCCN1CC(=O)Nc1nc2ccccc2s1. The number of hydrogen-bond donors (Lipinski definition) is 2. The smallest absolute Gasteiger partial charge is 0.240 e. The monoisotopic (exact) mass is 290 g/mol. The summed E-state index contributed by atoms with van der Waals surface area (Å²) < 4.78 is 1.10. The van der Waals surface area contributed by atoms with E-state index in [1.165, 1.54) is 11.3 Å². The van der Waals surface area contributed by atoms with Crippen molar-refractivity contribution in [2.45, 2.75) is 13.0 Å². The number of hydrogen-bond acceptors (Lipinski definition) is 5. The molecule has 1 aliphatic rings. The predicted octanol–water partition coefficient (Wildman–Crippen LogP) is 1.53. The van der Waals surface area contributed by atoms with Crippen LogP contribution < -0.4 is 10.6 Å². The first-order chi connectivity index (χ1) is 9.72. The summed E-state index contributed by atoms with van der Waals surface area (Å²) in [5, 5.41) is 6.91. The minimum absolute atomic E-state index is 0.0119. The normalized spacial score (nSPS) is 20.1. The van der Waals surface area contributed by atoms with Crippen LogP contribution in [0.3, 0.4) is 0 Å². The molecule has 2 aromatic rings. The topological polar surface area (TPSA) is 57.3 Å². The first-order valence-electron chi connectivity index (χ1n) is 6.82. The second kappa shape index (κ2) is 5.87. The predicted molar refractivity (Wildman–Crippen MR) is 82.2 cm³/mol. The standard InChI is InChI=1S/C14H18N4OS/c1-10-8-15-6-7-18(10)9-13(19)17-14-16-11-4-2-3-5-12(11)20-14/h2-5,10,15H,6-9H2,1H3,(H,16,17,19). The summed E-state index contributed by atoms with van der Waals surface area (Å²) in [6.07, 6.45) is 0. The van der Waals surface area contributed by atoms with Crippen molar-refractivity contribution >= 4 is 32.6 Å². The highest BCUT2D eigenvalue weighted by molar-refractivity contribution is 7.22. The summed E-state index contributed by atoms with van der Waals surface area (Å²) in [5.41, 5.74) is 0.934. The van der Waals surface area contributed by atoms with Crippen molar-refractivity contribution in [3.05, 3.63) is 24.3 Å². The Labute approximate surface area is 122 Å². The lowest BCUT2D eigenvalue weighted by Crippen LogP contribution is -2.51. The van der Waals surface area contributed by atoms with Crippen molar-refractivity contribution in [3.63, 3.8) is 0 Å². The van der Waals surface area contributed by atoms with Gasteiger partial charge in [-0.2, -0.15) is 0 Å². The first kappa shape index (κ1) is 13.5. The summed E-state index contributed by atoms with van der Waals surface area (Å²) in [7, 11) is 0. The van der Waals surface area contributed by atoms with Crippen molar-refractivity contribution in [2.75, 3.05) is 31.5 Å². The molecule has 0 bridgehead atoms. The van der Waals surface area contributed by atoms with E-state index in [1.54, 1.807) is 0 Å². The minimum atomic E-state index is 0.0119. The van der Waals surface area contributed by atoms with Crippen molar-refractivity contribution in [1.82, 2.24) is 15.2 Å². The number of amides is 1. The molecule has 6 heteroatoms. The molecule has 1 unspecified atom stereocenters. The second-order valence-electron chi connectivity index (χ2n) is 5.06. The minimum Gasteiger partial charge on any atom is -0.314 e. The van der Waals surface area contributed by atoms with Gasteiger partial charge >= 0.3 is 0 Å². The Balaban J connectivity index is 1.63. The molecule has 1 saturated heterocycles. The molecule has 5 nitrogen and oxygen atoms in total. The fourth-order valence-electron chi connectivity index (χ4n) is 2.39. The number of piperazine rings is 1. The maximum atomic E-state index is 12.1. The Kier molecular flexibility index (Phi) is 3.95. The molecule has 3 rings (SSSR count). The van der Waals surface area contributed by atoms with E-state index in [9.17, 15) is 4.79 Å². The van der Waals surface area contributed by atoms with Crippen molar-refractivity contribution < 1.29 is 4.79 Å². The Hall–Kier alpha value is -1.50. The first-order valence-corrected chi connectivity index (χ1v) is 7.64. The van der Waals surface area contributed by atoms with Gasteiger partial charge in [0.25, 0.3) is 0 Å². The zero-order chi connectivity index (χ0) is 13.9. The number of benzene rings is 1. The van der Waals surface area contributed by atoms with Gasteiger partial charge < -0.3 is 10.6 Å². The van der Waals surface area contributed by atoms with E-state index in [0.29, 0.717) is 17.7 Å². The number of rotatable bonds is 3. The number of carbonyl (C=O) groups excluding carboxylic acids is 1. The molecule has 2 N–H and O–H groups in total. The number of aromatic nitrogens is 1. The van der Waals surface area contributed by atoms with E-state index in [-0.39, 0.29) is 5.91 Å². The Morgan fingerprint density at radius 2 is 2.40 bits per heavy atom. The van der Waals surface area contributed by atoms with Crippen LogP contribution in [0.1, 0.15) is 6.92 Å². The third-order valence-electron chi connectivity index (χ3n) is 3.53. The summed E-state index contributed by atoms with van der Waals surface area (Å²) in [4.78, 5) is 18.7. The van der Waals surface area contributed by atoms with Crippen LogP contribution in [-0.2, 0) is 4.79 Å². The molecular formula is C14H18N4OS. The lowest BCUT2D eigenvalue weighted by Gasteiger charge is -2.33. The molecule has 1 aromatic heterocycles. The van der Waals surface area contributed by atoms with Crippen LogP contribution in [-0.4, -0.2) is 48.0 Å². The molecule has 0 saturated carbocycles. The number of carbonyl (C=O) groups is 1. The van der Waals surface area contributed by atoms with Crippen LogP contribution in [0.2, 0.25) is 0 Å². The average molecular weight is 290 g/mol. The van der Waals surface area contributed by atoms with Gasteiger partial charge in [-0.1, -0.05) is 23.5 Å². The molecule has 0 aliphatic carbocycles. The Bertz CT molecular complexity index is 579. The summed E-state index contributed by atoms with van der Waals surface area (Å²) in [5.74, 6) is 0.0119. The van der Waals surface area contributed by atoms with Gasteiger partial charge in [0.1, 0.15) is 0 Å². The van der Waals surface area contributed by atoms with Gasteiger partial charge in [0.2, 0.25) is 5.91 Å². The molecule has 1 aliphatic heterocycles. The van der Waals surface area contributed by atoms with Gasteiger partial charge in [-0.05, 0) is 19.1 Å². The molecule has 20 heavy (non-hydrogen) atoms. The van der Waals surface area contributed by atoms with Gasteiger partial charge in [0, 0.05) is 25.7 Å². The van der Waals surface area contributed by atoms with Crippen molar-refractivity contribution in [1.29, 1.82) is 0 Å². The second-order valence-corrected chi connectivity index (χ2v) is 6.09. The maximum Gasteiger partial charge on any atom is 0.240 e. The van der Waals surface area contributed by atoms with Gasteiger partial charge in [0.05, 0.1) is 16.8 Å². The van der Waals surface area contributed by atoms with Crippen LogP contribution in [0, 0.1) is 0 Å². The van der Waals surface area contributed by atoms with E-state index in [1.807, 2.05) is 24.3 Å². The maximum absolute atomic E-state index is 12.1. The number of fused-ring (bicyclic) bond motifs is 1. The van der Waals surface area contributed by atoms with Crippen LogP contribution in [0.4, 0.5) is 5.13 Å². The highest BCUT2D eigenvalue weighted by Crippen LogP contribution is 2.25. The number of nitrogens with zero attached hydrogens (tertiary/aromatic N) is 2. The van der Waals surface area contributed by atoms with E-state index in [4.69, 9.17) is 0 Å². The Morgan fingerprint density at radius 3 is 3.20 bits per heavy atom. The molecule has 1 aromatic carbocycles. The highest BCUT2D eigenvalue weighted by Gasteiger charge is 2.20. The molecule has 1 amide bonds. The highest BCUT2D eigenvalue weighted by atomic mass is 32.1. The molecule has 2 heterocycles. The molecule has 0 radical (unpaired) electrons. The number of thiazole rings is 1. The third-order valence-corrected chi connectivity index (χ3v) is 4.48. The van der Waals surface area contributed by atoms with Gasteiger partial charge in [-0.25, -0.2) is 4.98 Å². The van der Waals surface area contributed by atoms with E-state index in [0.717, 1.165) is 29.9 Å². The largest absolute Gasteiger partial charge is 0.314 e. The Morgan fingerprint density at radius 1 is 1.55 bits per heavy atom. The molecule has 1 fully saturated rings. The average Bonchev–Trinajstić information content (AvgIpc) is 2.83. The number of nitrogens with one attached hydrogen (secondary N) is 2. The van der Waals surface area contributed by atoms with E-state index < -0.39 is 0 Å². The summed E-state index contributed by atoms with van der Waals surface area (Å²) in [6.45, 7) is 5.36. The van der Waals surface area contributed by atoms with Gasteiger partial charge in [-0.3, -0.25) is 9.69 Å². The zero-order valence-electron chi connectivity index (χ0n) is 11.4. The zero-order valence-corrected chi connectivity index (χ0v) is 12.2. The van der Waals surface area contributed by atoms with Crippen LogP contribution in [0.25, 0.3) is 10.2 Å². The molecule has 106 valence electrons. The van der Waals surface area contributed by atoms with E-state index >= 15 is 0 Å². The van der Waals surface area contributed by atoms with Gasteiger partial charge in [0.15, 0.2) is 5.13 Å². The fourth-order valence-corrected chi connectivity index (χ4v) is 3.27. The third kappa shape index (κ3) is 2.98. The van der Waals surface area contributed by atoms with Gasteiger partial charge in [-0.15, -0.1) is 0 Å². The van der Waals surface area contributed by atoms with E-state index in [2.05, 4.69) is 27.4 Å². The summed E-state index contributed by atoms with van der Waals surface area (Å²) >= 11 is 1.51. The lowest BCUT2D eigenvalue weighted by atomic mass is 10.2. The summed E-state index contributed by atoms with van der Waals surface area (Å²) in [6, 6.07) is 8.30. The quantitative estimate of drug-likeness (QED) is 0.900. The molecular weight excluding hydrogens is 272 g/mol. The van der Waals surface area contributed by atoms with Crippen molar-refractivity contribution in [2.24, 2.45) is 0 Å². The van der Waals surface area contributed by atoms with Crippen LogP contribution in [0.5, 0.6) is 0 Å². The van der Waals surface area contributed by atoms with Crippen LogP contribution >= 0.6 is 11.3 Å². The number of para-hydroxylation sites is 1. The fraction of sp³-hybridized carbons (Fsp3) is 0.429. The van der Waals surface area contributed by atoms with Crippen LogP contribution in [0.15, 0.2) is 24.3 Å². The van der Waals surface area contributed by atoms with Crippen molar-refractivity contribution in [3.8, 4) is 0 Å². The molecule has 0 spiro atoms. The molecule has 1 atom stereocenters. The number of anilines is 1.